The molecule has 2 aromatic heterocycles. The minimum Gasteiger partial charge on any atom is -0.478 e. The van der Waals surface area contributed by atoms with Crippen LogP contribution in [0.25, 0.3) is 5.82 Å². The van der Waals surface area contributed by atoms with Crippen molar-refractivity contribution in [2.24, 2.45) is 0 Å². The van der Waals surface area contributed by atoms with Crippen LogP contribution in [-0.4, -0.2) is 38.9 Å². The van der Waals surface area contributed by atoms with Crippen LogP contribution >= 0.6 is 0 Å². The van der Waals surface area contributed by atoms with Gasteiger partial charge in [-0.25, -0.2) is 19.4 Å². The zero-order chi connectivity index (χ0) is 15.4. The van der Waals surface area contributed by atoms with Crippen LogP contribution < -0.4 is 10.5 Å². The fraction of sp³-hybridized carbons (Fsp3) is 0.385. The molecule has 2 aromatic rings. The summed E-state index contributed by atoms with van der Waals surface area (Å²) in [6.07, 6.45) is 2.88. The minimum atomic E-state index is -0.564. The van der Waals surface area contributed by atoms with Gasteiger partial charge in [-0.1, -0.05) is 0 Å². The Kier molecular flexibility index (Phi) is 4.36. The molecule has 8 nitrogen and oxygen atoms in total. The van der Waals surface area contributed by atoms with Crippen LogP contribution in [0.5, 0.6) is 5.88 Å². The lowest BCUT2D eigenvalue weighted by atomic mass is 10.3. The number of hydrogen-bond acceptors (Lipinski definition) is 7. The number of nitrogens with zero attached hydrogens (tertiary/aromatic N) is 4. The third-order valence-electron chi connectivity index (χ3n) is 2.72. The molecule has 0 saturated heterocycles. The Morgan fingerprint density at radius 1 is 1.33 bits per heavy atom. The van der Waals surface area contributed by atoms with Crippen LogP contribution in [0, 0.1) is 6.92 Å². The van der Waals surface area contributed by atoms with Gasteiger partial charge in [0.25, 0.3) is 0 Å². The summed E-state index contributed by atoms with van der Waals surface area (Å²) in [5.41, 5.74) is 6.79. The van der Waals surface area contributed by atoms with Gasteiger partial charge < -0.3 is 15.2 Å². The van der Waals surface area contributed by atoms with E-state index in [1.807, 2.05) is 13.8 Å². The molecular formula is C13H17N5O3. The Bertz CT molecular complexity index is 653. The maximum absolute atomic E-state index is 11.7. The molecular weight excluding hydrogens is 274 g/mol. The predicted octanol–water partition coefficient (Wildman–Crippen LogP) is 1.13. The smallest absolute Gasteiger partial charge is 0.361 e. The number of carbonyl (C=O) groups is 1. The van der Waals surface area contributed by atoms with Crippen molar-refractivity contribution in [1.82, 2.24) is 19.7 Å². The largest absolute Gasteiger partial charge is 0.478 e. The Morgan fingerprint density at radius 2 is 2.10 bits per heavy atom. The zero-order valence-corrected chi connectivity index (χ0v) is 12.2. The molecule has 0 aliphatic carbocycles. The highest BCUT2D eigenvalue weighted by molar-refractivity contribution is 5.92. The Hall–Kier alpha value is -2.64. The van der Waals surface area contributed by atoms with Gasteiger partial charge in [-0.05, 0) is 20.8 Å². The number of nitrogen functional groups attached to an aromatic ring is 1. The van der Waals surface area contributed by atoms with E-state index in [0.29, 0.717) is 23.9 Å². The van der Waals surface area contributed by atoms with Gasteiger partial charge in [0, 0.05) is 0 Å². The molecule has 0 spiro atoms. The Balaban J connectivity index is 2.41. The predicted molar refractivity (Wildman–Crippen MR) is 75.4 cm³/mol. The molecule has 2 heterocycles. The number of esters is 1. The van der Waals surface area contributed by atoms with Gasteiger partial charge in [0.05, 0.1) is 30.7 Å². The van der Waals surface area contributed by atoms with Crippen LogP contribution in [-0.2, 0) is 4.74 Å². The van der Waals surface area contributed by atoms with Crippen LogP contribution in [0.1, 0.15) is 29.9 Å². The van der Waals surface area contributed by atoms with Gasteiger partial charge >= 0.3 is 5.97 Å². The van der Waals surface area contributed by atoms with Gasteiger partial charge in [-0.2, -0.15) is 5.10 Å². The first-order valence-corrected chi connectivity index (χ1v) is 6.55. The molecule has 0 aliphatic rings. The summed E-state index contributed by atoms with van der Waals surface area (Å²) in [4.78, 5) is 19.9. The van der Waals surface area contributed by atoms with Gasteiger partial charge in [0.2, 0.25) is 5.88 Å². The number of aromatic nitrogens is 4. The fourth-order valence-corrected chi connectivity index (χ4v) is 1.79. The van der Waals surface area contributed by atoms with E-state index in [9.17, 15) is 4.79 Å². The van der Waals surface area contributed by atoms with E-state index in [1.165, 1.54) is 17.2 Å². The second-order valence-electron chi connectivity index (χ2n) is 4.16. The summed E-state index contributed by atoms with van der Waals surface area (Å²) in [7, 11) is 0. The number of rotatable bonds is 5. The normalized spacial score (nSPS) is 10.4. The molecule has 0 unspecified atom stereocenters. The molecule has 0 bridgehead atoms. The van der Waals surface area contributed by atoms with Crippen molar-refractivity contribution in [2.45, 2.75) is 20.8 Å². The van der Waals surface area contributed by atoms with Gasteiger partial charge in [0.15, 0.2) is 11.5 Å². The molecule has 0 aromatic carbocycles. The molecule has 0 radical (unpaired) electrons. The van der Waals surface area contributed by atoms with E-state index < -0.39 is 5.97 Å². The zero-order valence-electron chi connectivity index (χ0n) is 12.2. The second kappa shape index (κ2) is 6.21. The van der Waals surface area contributed by atoms with Gasteiger partial charge in [-0.3, -0.25) is 0 Å². The quantitative estimate of drug-likeness (QED) is 0.823. The van der Waals surface area contributed by atoms with Crippen LogP contribution in [0.3, 0.4) is 0 Å². The van der Waals surface area contributed by atoms with E-state index in [0.717, 1.165) is 0 Å². The Morgan fingerprint density at radius 3 is 2.76 bits per heavy atom. The van der Waals surface area contributed by atoms with Crippen molar-refractivity contribution < 1.29 is 14.3 Å². The lowest BCUT2D eigenvalue weighted by Gasteiger charge is -2.08. The lowest BCUT2D eigenvalue weighted by molar-refractivity contribution is 0.0520. The third kappa shape index (κ3) is 2.93. The van der Waals surface area contributed by atoms with Crippen molar-refractivity contribution >= 4 is 11.7 Å². The maximum atomic E-state index is 11.7. The first kappa shape index (κ1) is 14.8. The highest BCUT2D eigenvalue weighted by Gasteiger charge is 2.19. The van der Waals surface area contributed by atoms with Crippen LogP contribution in [0.15, 0.2) is 12.5 Å². The molecule has 0 fully saturated rings. The van der Waals surface area contributed by atoms with E-state index >= 15 is 0 Å². The second-order valence-corrected chi connectivity index (χ2v) is 4.16. The van der Waals surface area contributed by atoms with E-state index in [2.05, 4.69) is 15.1 Å². The Labute approximate surface area is 121 Å². The van der Waals surface area contributed by atoms with Crippen molar-refractivity contribution in [1.29, 1.82) is 0 Å². The summed E-state index contributed by atoms with van der Waals surface area (Å²) in [5, 5.41) is 4.13. The highest BCUT2D eigenvalue weighted by Crippen LogP contribution is 2.21. The summed E-state index contributed by atoms with van der Waals surface area (Å²) in [6.45, 7) is 6.14. The average molecular weight is 291 g/mol. The molecule has 0 amide bonds. The minimum absolute atomic E-state index is 0.0628. The first-order chi connectivity index (χ1) is 10.1. The van der Waals surface area contributed by atoms with Crippen molar-refractivity contribution in [2.75, 3.05) is 18.9 Å². The first-order valence-electron chi connectivity index (χ1n) is 6.55. The van der Waals surface area contributed by atoms with Crippen LogP contribution in [0.4, 0.5) is 5.69 Å². The monoisotopic (exact) mass is 291 g/mol. The summed E-state index contributed by atoms with van der Waals surface area (Å²) in [5.74, 6) is 0.399. The number of nitrogens with two attached hydrogens (primary N) is 1. The standard InChI is InChI=1S/C13H17N5O3/c1-4-20-12-8(3)11(15-7-16-12)18-6-9(14)10(17-18)13(19)21-5-2/h6-7H,4-5,14H2,1-3H3. The third-order valence-corrected chi connectivity index (χ3v) is 2.72. The number of hydrogen-bond donors (Lipinski definition) is 1. The highest BCUT2D eigenvalue weighted by atomic mass is 16.5. The van der Waals surface area contributed by atoms with E-state index in [-0.39, 0.29) is 18.0 Å². The van der Waals surface area contributed by atoms with Crippen LogP contribution in [0.2, 0.25) is 0 Å². The van der Waals surface area contributed by atoms with Crippen molar-refractivity contribution in [3.05, 3.63) is 23.8 Å². The van der Waals surface area contributed by atoms with E-state index in [1.54, 1.807) is 6.92 Å². The van der Waals surface area contributed by atoms with Crippen molar-refractivity contribution in [3.63, 3.8) is 0 Å². The van der Waals surface area contributed by atoms with Gasteiger partial charge in [-0.15, -0.1) is 0 Å². The molecule has 2 rings (SSSR count). The maximum Gasteiger partial charge on any atom is 0.361 e. The summed E-state index contributed by atoms with van der Waals surface area (Å²) >= 11 is 0. The topological polar surface area (TPSA) is 105 Å². The average Bonchev–Trinajstić information content (AvgIpc) is 2.83. The molecule has 112 valence electrons. The number of ether oxygens (including phenoxy) is 2. The molecule has 8 heteroatoms. The van der Waals surface area contributed by atoms with E-state index in [4.69, 9.17) is 15.2 Å². The molecule has 21 heavy (non-hydrogen) atoms. The molecule has 2 N–H and O–H groups in total. The molecule has 0 atom stereocenters. The summed E-state index contributed by atoms with van der Waals surface area (Å²) in [6, 6.07) is 0. The molecule has 0 saturated carbocycles. The van der Waals surface area contributed by atoms with Crippen molar-refractivity contribution in [3.8, 4) is 11.7 Å². The fourth-order valence-electron chi connectivity index (χ4n) is 1.79. The number of carbonyl (C=O) groups excluding carboxylic acids is 1. The number of anilines is 1. The van der Waals surface area contributed by atoms with Gasteiger partial charge in [0.1, 0.15) is 6.33 Å². The summed E-state index contributed by atoms with van der Waals surface area (Å²) < 4.78 is 11.7. The molecule has 0 aliphatic heterocycles. The lowest BCUT2D eigenvalue weighted by Crippen LogP contribution is -2.09. The SMILES string of the molecule is CCOC(=O)c1nn(-c2ncnc(OCC)c2C)cc1N.